The maximum Gasteiger partial charge on any atom is 0.321 e. The van der Waals surface area contributed by atoms with Gasteiger partial charge in [-0.1, -0.05) is 6.92 Å². The van der Waals surface area contributed by atoms with Gasteiger partial charge in [-0.2, -0.15) is 15.0 Å². The number of nitrogens with zero attached hydrogens (tertiary/aromatic N) is 3. The zero-order chi connectivity index (χ0) is 14.5. The third kappa shape index (κ3) is 3.40. The van der Waals surface area contributed by atoms with E-state index in [1.54, 1.807) is 7.05 Å². The second kappa shape index (κ2) is 6.27. The van der Waals surface area contributed by atoms with Crippen LogP contribution in [0.5, 0.6) is 6.01 Å². The number of aromatic nitrogens is 3. The first-order valence-electron chi connectivity index (χ1n) is 6.46. The summed E-state index contributed by atoms with van der Waals surface area (Å²) in [5.41, 5.74) is 1.41. The van der Waals surface area contributed by atoms with Crippen LogP contribution in [0.15, 0.2) is 18.2 Å². The van der Waals surface area contributed by atoms with Crippen molar-refractivity contribution in [1.29, 1.82) is 0 Å². The Labute approximate surface area is 117 Å². The first kappa shape index (κ1) is 14.2. The quantitative estimate of drug-likeness (QED) is 0.910. The Kier molecular flexibility index (Phi) is 4.45. The maximum absolute atomic E-state index is 13.5. The van der Waals surface area contributed by atoms with Gasteiger partial charge in [0, 0.05) is 12.6 Å². The molecular formula is C14H17FN4O. The molecule has 0 aliphatic rings. The maximum atomic E-state index is 13.5. The fourth-order valence-electron chi connectivity index (χ4n) is 1.72. The molecule has 1 heterocycles. The minimum absolute atomic E-state index is 0.239. The first-order valence-corrected chi connectivity index (χ1v) is 6.46. The summed E-state index contributed by atoms with van der Waals surface area (Å²) in [5, 5.41) is 2.85. The normalized spacial score (nSPS) is 10.4. The third-order valence-electron chi connectivity index (χ3n) is 2.57. The summed E-state index contributed by atoms with van der Waals surface area (Å²) in [4.78, 5) is 12.6. The van der Waals surface area contributed by atoms with E-state index >= 15 is 0 Å². The van der Waals surface area contributed by atoms with E-state index in [0.717, 1.165) is 12.0 Å². The highest BCUT2D eigenvalue weighted by Crippen LogP contribution is 2.21. The van der Waals surface area contributed by atoms with Crippen LogP contribution < -0.4 is 10.1 Å². The monoisotopic (exact) mass is 276 g/mol. The molecule has 0 fully saturated rings. The van der Waals surface area contributed by atoms with E-state index in [-0.39, 0.29) is 11.8 Å². The minimum atomic E-state index is -0.317. The number of benzene rings is 1. The van der Waals surface area contributed by atoms with E-state index in [4.69, 9.17) is 4.74 Å². The summed E-state index contributed by atoms with van der Waals surface area (Å²) in [5.74, 6) is 0.462. The zero-order valence-electron chi connectivity index (χ0n) is 11.8. The smallest absolute Gasteiger partial charge is 0.321 e. The molecule has 0 aliphatic heterocycles. The molecule has 0 bridgehead atoms. The van der Waals surface area contributed by atoms with Crippen LogP contribution >= 0.6 is 0 Å². The molecule has 5 nitrogen and oxygen atoms in total. The van der Waals surface area contributed by atoms with Crippen molar-refractivity contribution in [3.8, 4) is 17.4 Å². The van der Waals surface area contributed by atoms with E-state index in [1.807, 2.05) is 19.9 Å². The summed E-state index contributed by atoms with van der Waals surface area (Å²) in [6.07, 6.45) is 0.856. The lowest BCUT2D eigenvalue weighted by atomic mass is 10.1. The molecule has 106 valence electrons. The number of ether oxygens (including phenoxy) is 1. The van der Waals surface area contributed by atoms with Crippen LogP contribution in [-0.4, -0.2) is 28.6 Å². The molecule has 1 aromatic heterocycles. The Morgan fingerprint density at radius 2 is 2.00 bits per heavy atom. The van der Waals surface area contributed by atoms with Gasteiger partial charge in [-0.15, -0.1) is 0 Å². The van der Waals surface area contributed by atoms with Crippen LogP contribution in [-0.2, 0) is 0 Å². The molecular weight excluding hydrogens is 259 g/mol. The lowest BCUT2D eigenvalue weighted by Gasteiger charge is -2.08. The largest absolute Gasteiger partial charge is 0.463 e. The van der Waals surface area contributed by atoms with Crippen LogP contribution in [0.25, 0.3) is 11.4 Å². The van der Waals surface area contributed by atoms with Gasteiger partial charge in [-0.05, 0) is 37.1 Å². The molecule has 1 N–H and O–H groups in total. The number of anilines is 1. The van der Waals surface area contributed by atoms with Gasteiger partial charge in [0.25, 0.3) is 0 Å². The average Bonchev–Trinajstić information content (AvgIpc) is 2.43. The van der Waals surface area contributed by atoms with Crippen LogP contribution in [0.1, 0.15) is 18.9 Å². The fraction of sp³-hybridized carbons (Fsp3) is 0.357. The summed E-state index contributed by atoms with van der Waals surface area (Å²) >= 11 is 0. The van der Waals surface area contributed by atoms with Crippen LogP contribution in [0, 0.1) is 12.7 Å². The molecule has 20 heavy (non-hydrogen) atoms. The van der Waals surface area contributed by atoms with Gasteiger partial charge in [-0.3, -0.25) is 0 Å². The molecule has 1 aromatic carbocycles. The van der Waals surface area contributed by atoms with Crippen molar-refractivity contribution in [2.45, 2.75) is 20.3 Å². The third-order valence-corrected chi connectivity index (χ3v) is 2.57. The molecule has 2 aromatic rings. The van der Waals surface area contributed by atoms with E-state index in [1.165, 1.54) is 12.1 Å². The van der Waals surface area contributed by atoms with Crippen molar-refractivity contribution in [2.24, 2.45) is 0 Å². The molecule has 0 aliphatic carbocycles. The number of aryl methyl sites for hydroxylation is 1. The number of hydrogen-bond acceptors (Lipinski definition) is 5. The molecule has 0 saturated heterocycles. The average molecular weight is 276 g/mol. The first-order chi connectivity index (χ1) is 9.62. The van der Waals surface area contributed by atoms with Gasteiger partial charge >= 0.3 is 6.01 Å². The summed E-state index contributed by atoms with van der Waals surface area (Å²) in [7, 11) is 1.71. The van der Waals surface area contributed by atoms with Crippen molar-refractivity contribution in [1.82, 2.24) is 15.0 Å². The lowest BCUT2D eigenvalue weighted by Crippen LogP contribution is -2.06. The van der Waals surface area contributed by atoms with E-state index in [2.05, 4.69) is 20.3 Å². The number of halogens is 1. The van der Waals surface area contributed by atoms with Crippen LogP contribution in [0.3, 0.4) is 0 Å². The minimum Gasteiger partial charge on any atom is -0.463 e. The molecule has 0 saturated carbocycles. The molecule has 0 amide bonds. The SMILES string of the molecule is CCCOc1nc(NC)nc(-c2cc(C)cc(F)c2)n1. The Bertz CT molecular complexity index is 583. The fourth-order valence-corrected chi connectivity index (χ4v) is 1.72. The predicted octanol–water partition coefficient (Wildman–Crippen LogP) is 2.82. The highest BCUT2D eigenvalue weighted by atomic mass is 19.1. The van der Waals surface area contributed by atoms with Crippen molar-refractivity contribution in [2.75, 3.05) is 19.0 Å². The summed E-state index contributed by atoms with van der Waals surface area (Å²) in [6, 6.07) is 4.91. The zero-order valence-corrected chi connectivity index (χ0v) is 11.8. The van der Waals surface area contributed by atoms with E-state index in [0.29, 0.717) is 23.9 Å². The second-order valence-corrected chi connectivity index (χ2v) is 4.38. The van der Waals surface area contributed by atoms with Crippen molar-refractivity contribution < 1.29 is 9.13 Å². The highest BCUT2D eigenvalue weighted by Gasteiger charge is 2.10. The van der Waals surface area contributed by atoms with Gasteiger partial charge < -0.3 is 10.1 Å². The summed E-state index contributed by atoms with van der Waals surface area (Å²) in [6.45, 7) is 4.34. The number of hydrogen-bond donors (Lipinski definition) is 1. The standard InChI is InChI=1S/C14H17FN4O/c1-4-5-20-14-18-12(17-13(16-3)19-14)10-6-9(2)7-11(15)8-10/h6-8H,4-5H2,1-3H3,(H,16,17,18,19). The molecule has 0 unspecified atom stereocenters. The van der Waals surface area contributed by atoms with Gasteiger partial charge in [0.15, 0.2) is 5.82 Å². The van der Waals surface area contributed by atoms with Crippen molar-refractivity contribution in [3.05, 3.63) is 29.6 Å². The topological polar surface area (TPSA) is 59.9 Å². The second-order valence-electron chi connectivity index (χ2n) is 4.38. The van der Waals surface area contributed by atoms with Crippen LogP contribution in [0.4, 0.5) is 10.3 Å². The van der Waals surface area contributed by atoms with Gasteiger partial charge in [-0.25, -0.2) is 4.39 Å². The predicted molar refractivity (Wildman–Crippen MR) is 75.3 cm³/mol. The molecule has 0 radical (unpaired) electrons. The molecule has 6 heteroatoms. The molecule has 0 atom stereocenters. The van der Waals surface area contributed by atoms with Gasteiger partial charge in [0.2, 0.25) is 5.95 Å². The van der Waals surface area contributed by atoms with E-state index < -0.39 is 0 Å². The van der Waals surface area contributed by atoms with Gasteiger partial charge in [0.1, 0.15) is 5.82 Å². The molecule has 2 rings (SSSR count). The van der Waals surface area contributed by atoms with Crippen molar-refractivity contribution in [3.63, 3.8) is 0 Å². The van der Waals surface area contributed by atoms with E-state index in [9.17, 15) is 4.39 Å². The Morgan fingerprint density at radius 3 is 2.65 bits per heavy atom. The Hall–Kier alpha value is -2.24. The highest BCUT2D eigenvalue weighted by molar-refractivity contribution is 5.57. The Balaban J connectivity index is 2.43. The van der Waals surface area contributed by atoms with Crippen LogP contribution in [0.2, 0.25) is 0 Å². The number of nitrogens with one attached hydrogen (secondary N) is 1. The Morgan fingerprint density at radius 1 is 1.20 bits per heavy atom. The number of rotatable bonds is 5. The van der Waals surface area contributed by atoms with Gasteiger partial charge in [0.05, 0.1) is 6.61 Å². The lowest BCUT2D eigenvalue weighted by molar-refractivity contribution is 0.292. The summed E-state index contributed by atoms with van der Waals surface area (Å²) < 4.78 is 18.9. The van der Waals surface area contributed by atoms with Crippen molar-refractivity contribution >= 4 is 5.95 Å². The molecule has 0 spiro atoms.